The zero-order chi connectivity index (χ0) is 15.2. The van der Waals surface area contributed by atoms with Crippen LogP contribution in [0.15, 0.2) is 24.3 Å². The highest BCUT2D eigenvalue weighted by Crippen LogP contribution is 2.20. The number of hydrogen-bond donors (Lipinski definition) is 3. The minimum absolute atomic E-state index is 0.0901. The summed E-state index contributed by atoms with van der Waals surface area (Å²) in [4.78, 5) is 0. The van der Waals surface area contributed by atoms with E-state index >= 15 is 0 Å². The third-order valence-electron chi connectivity index (χ3n) is 2.99. The van der Waals surface area contributed by atoms with Crippen LogP contribution < -0.4 is 5.32 Å². The maximum atomic E-state index is 10.0. The SMILES string of the molecule is CC(C)(C)CC(O)CNCC(O)c1ccc(C#N)cc1. The molecular formula is C16H24N2O2. The zero-order valence-electron chi connectivity index (χ0n) is 12.4. The van der Waals surface area contributed by atoms with Crippen LogP contribution in [0.4, 0.5) is 0 Å². The summed E-state index contributed by atoms with van der Waals surface area (Å²) in [5.41, 5.74) is 1.43. The molecule has 4 nitrogen and oxygen atoms in total. The molecule has 0 fully saturated rings. The van der Waals surface area contributed by atoms with E-state index in [1.807, 2.05) is 6.07 Å². The summed E-state index contributed by atoms with van der Waals surface area (Å²) in [6.07, 6.45) is -0.333. The number of nitrogens with zero attached hydrogens (tertiary/aromatic N) is 1. The van der Waals surface area contributed by atoms with Gasteiger partial charge in [-0.15, -0.1) is 0 Å². The number of nitrogens with one attached hydrogen (secondary N) is 1. The first kappa shape index (κ1) is 16.6. The molecule has 1 rings (SSSR count). The predicted molar refractivity (Wildman–Crippen MR) is 79.1 cm³/mol. The first-order chi connectivity index (χ1) is 9.31. The molecule has 0 aliphatic carbocycles. The number of aliphatic hydroxyl groups excluding tert-OH is 2. The maximum absolute atomic E-state index is 10.0. The van der Waals surface area contributed by atoms with Crippen LogP contribution in [0.25, 0.3) is 0 Å². The summed E-state index contributed by atoms with van der Waals surface area (Å²) in [5, 5.41) is 31.6. The fourth-order valence-corrected chi connectivity index (χ4v) is 2.06. The predicted octanol–water partition coefficient (Wildman–Crippen LogP) is 1.98. The van der Waals surface area contributed by atoms with Crippen molar-refractivity contribution in [2.24, 2.45) is 5.41 Å². The normalized spacial score (nSPS) is 14.6. The van der Waals surface area contributed by atoms with Crippen LogP contribution >= 0.6 is 0 Å². The molecule has 2 atom stereocenters. The lowest BCUT2D eigenvalue weighted by molar-refractivity contribution is 0.111. The van der Waals surface area contributed by atoms with Crippen LogP contribution in [0.5, 0.6) is 0 Å². The molecule has 1 aromatic carbocycles. The van der Waals surface area contributed by atoms with Crippen LogP contribution in [0.2, 0.25) is 0 Å². The van der Waals surface area contributed by atoms with Gasteiger partial charge >= 0.3 is 0 Å². The monoisotopic (exact) mass is 276 g/mol. The topological polar surface area (TPSA) is 76.3 Å². The summed E-state index contributed by atoms with van der Waals surface area (Å²) in [7, 11) is 0. The Bertz CT molecular complexity index is 443. The lowest BCUT2D eigenvalue weighted by Gasteiger charge is -2.23. The summed E-state index contributed by atoms with van der Waals surface area (Å²) >= 11 is 0. The van der Waals surface area contributed by atoms with Gasteiger partial charge in [0.25, 0.3) is 0 Å². The third kappa shape index (κ3) is 6.16. The van der Waals surface area contributed by atoms with E-state index in [0.717, 1.165) is 5.56 Å². The summed E-state index contributed by atoms with van der Waals surface area (Å²) in [6.45, 7) is 7.10. The van der Waals surface area contributed by atoms with E-state index in [2.05, 4.69) is 26.1 Å². The molecule has 20 heavy (non-hydrogen) atoms. The highest BCUT2D eigenvalue weighted by Gasteiger charge is 2.16. The molecule has 4 heteroatoms. The van der Waals surface area contributed by atoms with Crippen molar-refractivity contribution in [1.82, 2.24) is 5.32 Å². The quantitative estimate of drug-likeness (QED) is 0.742. The Labute approximate surface area is 121 Å². The van der Waals surface area contributed by atoms with Gasteiger partial charge in [0.1, 0.15) is 0 Å². The summed E-state index contributed by atoms with van der Waals surface area (Å²) < 4.78 is 0. The molecule has 0 amide bonds. The number of hydrogen-bond acceptors (Lipinski definition) is 4. The number of rotatable bonds is 6. The first-order valence-corrected chi connectivity index (χ1v) is 6.89. The molecule has 0 saturated carbocycles. The molecule has 0 aliphatic heterocycles. The van der Waals surface area contributed by atoms with Crippen LogP contribution in [0.3, 0.4) is 0 Å². The minimum atomic E-state index is -0.635. The summed E-state index contributed by atoms with van der Waals surface area (Å²) in [6, 6.07) is 8.91. The highest BCUT2D eigenvalue weighted by molar-refractivity contribution is 5.32. The van der Waals surface area contributed by atoms with Crippen molar-refractivity contribution < 1.29 is 10.2 Å². The lowest BCUT2D eigenvalue weighted by atomic mass is 9.89. The molecule has 0 spiro atoms. The lowest BCUT2D eigenvalue weighted by Crippen LogP contribution is -2.32. The Morgan fingerprint density at radius 2 is 1.75 bits per heavy atom. The van der Waals surface area contributed by atoms with Crippen LogP contribution in [-0.4, -0.2) is 29.4 Å². The molecule has 0 heterocycles. The smallest absolute Gasteiger partial charge is 0.0991 e. The highest BCUT2D eigenvalue weighted by atomic mass is 16.3. The fourth-order valence-electron chi connectivity index (χ4n) is 2.06. The Balaban J connectivity index is 2.36. The van der Waals surface area contributed by atoms with Crippen molar-refractivity contribution in [3.8, 4) is 6.07 Å². The van der Waals surface area contributed by atoms with Crippen molar-refractivity contribution in [3.63, 3.8) is 0 Å². The van der Waals surface area contributed by atoms with E-state index in [4.69, 9.17) is 5.26 Å². The largest absolute Gasteiger partial charge is 0.392 e. The molecule has 110 valence electrons. The molecule has 0 aromatic heterocycles. The van der Waals surface area contributed by atoms with E-state index < -0.39 is 12.2 Å². The molecule has 2 unspecified atom stereocenters. The van der Waals surface area contributed by atoms with Crippen molar-refractivity contribution in [3.05, 3.63) is 35.4 Å². The second-order valence-corrected chi connectivity index (χ2v) is 6.33. The molecule has 0 aliphatic rings. The van der Waals surface area contributed by atoms with Crippen molar-refractivity contribution in [2.75, 3.05) is 13.1 Å². The molecule has 0 radical (unpaired) electrons. The second kappa shape index (κ2) is 7.39. The van der Waals surface area contributed by atoms with Gasteiger partial charge in [0.05, 0.1) is 23.8 Å². The second-order valence-electron chi connectivity index (χ2n) is 6.33. The van der Waals surface area contributed by atoms with Crippen LogP contribution in [-0.2, 0) is 0 Å². The average molecular weight is 276 g/mol. The van der Waals surface area contributed by atoms with Gasteiger partial charge < -0.3 is 15.5 Å². The Kier molecular flexibility index (Phi) is 6.15. The third-order valence-corrected chi connectivity index (χ3v) is 2.99. The van der Waals surface area contributed by atoms with E-state index in [9.17, 15) is 10.2 Å². The Morgan fingerprint density at radius 3 is 2.25 bits per heavy atom. The van der Waals surface area contributed by atoms with Gasteiger partial charge in [0.2, 0.25) is 0 Å². The van der Waals surface area contributed by atoms with E-state index in [1.54, 1.807) is 24.3 Å². The number of benzene rings is 1. The maximum Gasteiger partial charge on any atom is 0.0991 e. The molecule has 0 saturated heterocycles. The molecule has 3 N–H and O–H groups in total. The molecular weight excluding hydrogens is 252 g/mol. The van der Waals surface area contributed by atoms with E-state index in [0.29, 0.717) is 25.1 Å². The van der Waals surface area contributed by atoms with Gasteiger partial charge in [-0.05, 0) is 29.5 Å². The summed E-state index contributed by atoms with van der Waals surface area (Å²) in [5.74, 6) is 0. The Morgan fingerprint density at radius 1 is 1.15 bits per heavy atom. The van der Waals surface area contributed by atoms with Gasteiger partial charge in [-0.1, -0.05) is 32.9 Å². The number of nitriles is 1. The fraction of sp³-hybridized carbons (Fsp3) is 0.562. The molecule has 0 bridgehead atoms. The Hall–Kier alpha value is -1.41. The van der Waals surface area contributed by atoms with Gasteiger partial charge in [0.15, 0.2) is 0 Å². The van der Waals surface area contributed by atoms with E-state index in [-0.39, 0.29) is 5.41 Å². The van der Waals surface area contributed by atoms with E-state index in [1.165, 1.54) is 0 Å². The van der Waals surface area contributed by atoms with Gasteiger partial charge in [0, 0.05) is 13.1 Å². The van der Waals surface area contributed by atoms with Gasteiger partial charge in [-0.25, -0.2) is 0 Å². The van der Waals surface area contributed by atoms with Gasteiger partial charge in [-0.2, -0.15) is 5.26 Å². The van der Waals surface area contributed by atoms with Crippen LogP contribution in [0.1, 0.15) is 44.4 Å². The zero-order valence-corrected chi connectivity index (χ0v) is 12.4. The first-order valence-electron chi connectivity index (χ1n) is 6.89. The number of aliphatic hydroxyl groups is 2. The minimum Gasteiger partial charge on any atom is -0.392 e. The molecule has 1 aromatic rings. The standard InChI is InChI=1S/C16H24N2O2/c1-16(2,3)8-14(19)10-18-11-15(20)13-6-4-12(9-17)5-7-13/h4-7,14-15,18-20H,8,10-11H2,1-3H3. The van der Waals surface area contributed by atoms with Crippen LogP contribution in [0, 0.1) is 16.7 Å². The van der Waals surface area contributed by atoms with Gasteiger partial charge in [-0.3, -0.25) is 0 Å². The average Bonchev–Trinajstić information content (AvgIpc) is 2.36. The van der Waals surface area contributed by atoms with Crippen molar-refractivity contribution in [1.29, 1.82) is 5.26 Å². The van der Waals surface area contributed by atoms with Crippen molar-refractivity contribution in [2.45, 2.75) is 39.4 Å². The van der Waals surface area contributed by atoms with Crippen molar-refractivity contribution >= 4 is 0 Å².